The monoisotopic (exact) mass is 297 g/mol. The lowest BCUT2D eigenvalue weighted by Gasteiger charge is -2.43. The van der Waals surface area contributed by atoms with Gasteiger partial charge in [0.1, 0.15) is 12.1 Å². The summed E-state index contributed by atoms with van der Waals surface area (Å²) in [6, 6.07) is 0.756. The Kier molecular flexibility index (Phi) is 3.26. The zero-order valence-electron chi connectivity index (χ0n) is 9.64. The molecule has 6 heteroatoms. The Morgan fingerprint density at radius 3 is 2.59 bits per heavy atom. The largest absolute Gasteiger partial charge is 0.353 e. The van der Waals surface area contributed by atoms with E-state index in [-0.39, 0.29) is 0 Å². The van der Waals surface area contributed by atoms with Crippen LogP contribution in [0.2, 0.25) is 0 Å². The second-order valence-corrected chi connectivity index (χ2v) is 5.38. The molecule has 3 heterocycles. The number of halogens is 1. The van der Waals surface area contributed by atoms with Gasteiger partial charge in [-0.2, -0.15) is 0 Å². The molecule has 0 amide bonds. The highest BCUT2D eigenvalue weighted by Crippen LogP contribution is 2.23. The van der Waals surface area contributed by atoms with Gasteiger partial charge < -0.3 is 10.2 Å². The summed E-state index contributed by atoms with van der Waals surface area (Å²) in [7, 11) is 0. The summed E-state index contributed by atoms with van der Waals surface area (Å²) < 4.78 is 0.985. The molecule has 0 aromatic carbocycles. The lowest BCUT2D eigenvalue weighted by Crippen LogP contribution is -2.61. The summed E-state index contributed by atoms with van der Waals surface area (Å²) in [5.41, 5.74) is 0. The molecule has 1 N–H and O–H groups in total. The number of anilines is 1. The quantitative estimate of drug-likeness (QED) is 0.852. The first kappa shape index (κ1) is 11.4. The van der Waals surface area contributed by atoms with Crippen LogP contribution < -0.4 is 10.2 Å². The fourth-order valence-corrected chi connectivity index (χ4v) is 2.84. The van der Waals surface area contributed by atoms with Crippen molar-refractivity contribution >= 4 is 21.7 Å². The minimum absolute atomic E-state index is 0.756. The highest BCUT2D eigenvalue weighted by molar-refractivity contribution is 9.10. The van der Waals surface area contributed by atoms with E-state index in [1.165, 1.54) is 0 Å². The predicted octanol–water partition coefficient (Wildman–Crippen LogP) is 0.333. The molecule has 3 rings (SSSR count). The van der Waals surface area contributed by atoms with Gasteiger partial charge in [-0.05, 0) is 15.9 Å². The third-order valence-electron chi connectivity index (χ3n) is 3.54. The fourth-order valence-electron chi connectivity index (χ4n) is 2.37. The molecule has 5 nitrogen and oxygen atoms in total. The molecule has 0 spiro atoms. The second-order valence-electron chi connectivity index (χ2n) is 4.53. The molecule has 2 aliphatic rings. The number of hydrogen-bond acceptors (Lipinski definition) is 5. The van der Waals surface area contributed by atoms with Crippen molar-refractivity contribution in [3.05, 3.63) is 17.0 Å². The summed E-state index contributed by atoms with van der Waals surface area (Å²) >= 11 is 3.51. The highest BCUT2D eigenvalue weighted by Gasteiger charge is 2.28. The summed E-state index contributed by atoms with van der Waals surface area (Å²) in [6.45, 7) is 6.65. The Labute approximate surface area is 109 Å². The van der Waals surface area contributed by atoms with E-state index in [0.29, 0.717) is 0 Å². The van der Waals surface area contributed by atoms with E-state index in [4.69, 9.17) is 0 Å². The molecule has 92 valence electrons. The van der Waals surface area contributed by atoms with Gasteiger partial charge in [0.2, 0.25) is 0 Å². The zero-order chi connectivity index (χ0) is 11.7. The van der Waals surface area contributed by atoms with Crippen molar-refractivity contribution in [3.63, 3.8) is 0 Å². The van der Waals surface area contributed by atoms with E-state index >= 15 is 0 Å². The first-order chi connectivity index (χ1) is 8.34. The van der Waals surface area contributed by atoms with E-state index < -0.39 is 0 Å². The van der Waals surface area contributed by atoms with Crippen LogP contribution in [0, 0.1) is 0 Å². The molecule has 0 atom stereocenters. The molecule has 2 aliphatic heterocycles. The van der Waals surface area contributed by atoms with Crippen molar-refractivity contribution in [1.29, 1.82) is 0 Å². The van der Waals surface area contributed by atoms with Gasteiger partial charge in [0.15, 0.2) is 0 Å². The fraction of sp³-hybridized carbons (Fsp3) is 0.636. The van der Waals surface area contributed by atoms with Gasteiger partial charge in [0, 0.05) is 51.5 Å². The zero-order valence-corrected chi connectivity index (χ0v) is 11.2. The molecule has 0 unspecified atom stereocenters. The molecular formula is C11H16BrN5. The van der Waals surface area contributed by atoms with E-state index in [9.17, 15) is 0 Å². The standard InChI is InChI=1S/C11H16BrN5/c12-10-7-14-8-15-11(10)17-3-1-16(2-4-17)9-5-13-6-9/h7-9,13H,1-6H2. The summed E-state index contributed by atoms with van der Waals surface area (Å²) in [5, 5.41) is 3.33. The average Bonchev–Trinajstić information content (AvgIpc) is 2.29. The van der Waals surface area contributed by atoms with Gasteiger partial charge >= 0.3 is 0 Å². The Bertz CT molecular complexity index is 387. The maximum absolute atomic E-state index is 4.34. The molecule has 17 heavy (non-hydrogen) atoms. The molecule has 0 saturated carbocycles. The van der Waals surface area contributed by atoms with Crippen LogP contribution in [0.4, 0.5) is 5.82 Å². The molecule has 0 aliphatic carbocycles. The van der Waals surface area contributed by atoms with Crippen LogP contribution in [0.15, 0.2) is 17.0 Å². The van der Waals surface area contributed by atoms with Crippen LogP contribution in [0.1, 0.15) is 0 Å². The van der Waals surface area contributed by atoms with E-state index in [2.05, 4.69) is 41.0 Å². The van der Waals surface area contributed by atoms with Gasteiger partial charge in [0.05, 0.1) is 4.47 Å². The third kappa shape index (κ3) is 2.29. The number of nitrogens with one attached hydrogen (secondary N) is 1. The molecule has 1 aromatic heterocycles. The van der Waals surface area contributed by atoms with Crippen molar-refractivity contribution in [3.8, 4) is 0 Å². The van der Waals surface area contributed by atoms with Gasteiger partial charge in [-0.1, -0.05) is 0 Å². The first-order valence-electron chi connectivity index (χ1n) is 6.00. The van der Waals surface area contributed by atoms with Gasteiger partial charge in [-0.15, -0.1) is 0 Å². The Morgan fingerprint density at radius 1 is 1.24 bits per heavy atom. The maximum atomic E-state index is 4.34. The van der Waals surface area contributed by atoms with Crippen molar-refractivity contribution in [2.24, 2.45) is 0 Å². The topological polar surface area (TPSA) is 44.3 Å². The third-order valence-corrected chi connectivity index (χ3v) is 4.10. The number of piperazine rings is 1. The normalized spacial score (nSPS) is 22.5. The van der Waals surface area contributed by atoms with Gasteiger partial charge in [-0.3, -0.25) is 4.90 Å². The first-order valence-corrected chi connectivity index (χ1v) is 6.79. The predicted molar refractivity (Wildman–Crippen MR) is 70.2 cm³/mol. The van der Waals surface area contributed by atoms with Crippen molar-refractivity contribution in [2.75, 3.05) is 44.2 Å². The average molecular weight is 298 g/mol. The van der Waals surface area contributed by atoms with Crippen LogP contribution in [0.3, 0.4) is 0 Å². The SMILES string of the molecule is Brc1cncnc1N1CCN(C2CNC2)CC1. The maximum Gasteiger partial charge on any atom is 0.146 e. The van der Waals surface area contributed by atoms with Crippen LogP contribution in [-0.4, -0.2) is 60.2 Å². The van der Waals surface area contributed by atoms with E-state index in [0.717, 1.165) is 55.6 Å². The highest BCUT2D eigenvalue weighted by atomic mass is 79.9. The minimum Gasteiger partial charge on any atom is -0.353 e. The second kappa shape index (κ2) is 4.88. The number of hydrogen-bond donors (Lipinski definition) is 1. The van der Waals surface area contributed by atoms with Gasteiger partial charge in [-0.25, -0.2) is 9.97 Å². The number of nitrogens with zero attached hydrogens (tertiary/aromatic N) is 4. The smallest absolute Gasteiger partial charge is 0.146 e. The molecule has 2 saturated heterocycles. The summed E-state index contributed by atoms with van der Waals surface area (Å²) in [6.07, 6.45) is 3.42. The molecule has 2 fully saturated rings. The molecule has 0 radical (unpaired) electrons. The van der Waals surface area contributed by atoms with Crippen molar-refractivity contribution in [2.45, 2.75) is 6.04 Å². The van der Waals surface area contributed by atoms with Crippen molar-refractivity contribution < 1.29 is 0 Å². The van der Waals surface area contributed by atoms with Crippen molar-refractivity contribution in [1.82, 2.24) is 20.2 Å². The Balaban J connectivity index is 1.63. The van der Waals surface area contributed by atoms with E-state index in [1.54, 1.807) is 6.33 Å². The van der Waals surface area contributed by atoms with Crippen LogP contribution in [-0.2, 0) is 0 Å². The lowest BCUT2D eigenvalue weighted by atomic mass is 10.1. The molecule has 0 bridgehead atoms. The Hall–Kier alpha value is -0.720. The van der Waals surface area contributed by atoms with Crippen LogP contribution >= 0.6 is 15.9 Å². The molecular weight excluding hydrogens is 282 g/mol. The number of rotatable bonds is 2. The van der Waals surface area contributed by atoms with E-state index in [1.807, 2.05) is 6.20 Å². The summed E-state index contributed by atoms with van der Waals surface area (Å²) in [4.78, 5) is 13.2. The minimum atomic E-state index is 0.756. The molecule has 1 aromatic rings. The number of aromatic nitrogens is 2. The summed E-state index contributed by atoms with van der Waals surface area (Å²) in [5.74, 6) is 1.02. The van der Waals surface area contributed by atoms with Crippen LogP contribution in [0.25, 0.3) is 0 Å². The lowest BCUT2D eigenvalue weighted by molar-refractivity contribution is 0.137. The van der Waals surface area contributed by atoms with Crippen LogP contribution in [0.5, 0.6) is 0 Å². The Morgan fingerprint density at radius 2 is 2.00 bits per heavy atom. The van der Waals surface area contributed by atoms with Gasteiger partial charge in [0.25, 0.3) is 0 Å².